The molecule has 0 aliphatic heterocycles. The van der Waals surface area contributed by atoms with Crippen molar-refractivity contribution < 1.29 is 27.1 Å². The lowest BCUT2D eigenvalue weighted by Crippen LogP contribution is -2.51. The molecule has 0 fully saturated rings. The minimum Gasteiger partial charge on any atom is -0.497 e. The Morgan fingerprint density at radius 1 is 0.925 bits per heavy atom. The van der Waals surface area contributed by atoms with Gasteiger partial charge in [-0.15, -0.1) is 0 Å². The third kappa shape index (κ3) is 7.81. The molecule has 0 aliphatic carbocycles. The van der Waals surface area contributed by atoms with Gasteiger partial charge in [0.1, 0.15) is 24.2 Å². The largest absolute Gasteiger partial charge is 0.497 e. The van der Waals surface area contributed by atoms with Crippen LogP contribution in [-0.2, 0) is 26.2 Å². The van der Waals surface area contributed by atoms with Crippen molar-refractivity contribution in [3.8, 4) is 5.75 Å². The molecule has 0 aromatic heterocycles. The van der Waals surface area contributed by atoms with Gasteiger partial charge in [0.2, 0.25) is 11.8 Å². The highest BCUT2D eigenvalue weighted by Crippen LogP contribution is 2.25. The molecule has 3 rings (SSSR count). The Morgan fingerprint density at radius 2 is 1.52 bits per heavy atom. The monoisotopic (exact) mass is 569 g/mol. The lowest BCUT2D eigenvalue weighted by atomic mass is 10.1. The van der Waals surface area contributed by atoms with Gasteiger partial charge in [0, 0.05) is 13.1 Å². The number of methoxy groups -OCH3 is 1. The first kappa shape index (κ1) is 30.6. The van der Waals surface area contributed by atoms with Gasteiger partial charge >= 0.3 is 0 Å². The second-order valence-electron chi connectivity index (χ2n) is 9.99. The van der Waals surface area contributed by atoms with Gasteiger partial charge in [-0.1, -0.05) is 43.7 Å². The number of sulfonamides is 1. The standard InChI is InChI=1S/C30H36FN3O5S/c1-21(2)18-32-30(36)23(4)33(19-24-8-14-27(39-5)15-9-24)29(35)20-34(26-12-6-22(3)7-13-26)40(37,38)28-16-10-25(31)11-17-28/h6-17,21,23H,18-20H2,1-5H3,(H,32,36)/t23-/m0/s1. The van der Waals surface area contributed by atoms with Crippen molar-refractivity contribution in [3.05, 3.63) is 89.7 Å². The Hall–Kier alpha value is -3.92. The number of nitrogens with one attached hydrogen (secondary N) is 1. The Balaban J connectivity index is 2.00. The minimum absolute atomic E-state index is 0.0669. The summed E-state index contributed by atoms with van der Waals surface area (Å²) in [6.45, 7) is 7.33. The van der Waals surface area contributed by atoms with Crippen molar-refractivity contribution in [2.45, 2.75) is 45.2 Å². The zero-order valence-corrected chi connectivity index (χ0v) is 24.2. The van der Waals surface area contributed by atoms with Crippen LogP contribution in [0, 0.1) is 18.7 Å². The number of hydrogen-bond acceptors (Lipinski definition) is 5. The fourth-order valence-corrected chi connectivity index (χ4v) is 5.35. The topological polar surface area (TPSA) is 96.0 Å². The van der Waals surface area contributed by atoms with Crippen LogP contribution < -0.4 is 14.4 Å². The molecule has 1 atom stereocenters. The van der Waals surface area contributed by atoms with E-state index in [2.05, 4.69) is 5.32 Å². The third-order valence-corrected chi connectivity index (χ3v) is 8.15. The van der Waals surface area contributed by atoms with E-state index < -0.39 is 34.3 Å². The van der Waals surface area contributed by atoms with E-state index in [4.69, 9.17) is 4.74 Å². The van der Waals surface area contributed by atoms with E-state index in [0.717, 1.165) is 39.7 Å². The van der Waals surface area contributed by atoms with Crippen molar-refractivity contribution in [1.82, 2.24) is 10.2 Å². The summed E-state index contributed by atoms with van der Waals surface area (Å²) >= 11 is 0. The first-order valence-corrected chi connectivity index (χ1v) is 14.4. The summed E-state index contributed by atoms with van der Waals surface area (Å²) in [6, 6.07) is 17.3. The van der Waals surface area contributed by atoms with Crippen LogP contribution in [0.5, 0.6) is 5.75 Å². The van der Waals surface area contributed by atoms with Gasteiger partial charge in [-0.2, -0.15) is 0 Å². The number of amides is 2. The molecule has 0 heterocycles. The van der Waals surface area contributed by atoms with Crippen LogP contribution in [0.4, 0.5) is 10.1 Å². The quantitative estimate of drug-likeness (QED) is 0.346. The molecule has 2 amide bonds. The first-order valence-electron chi connectivity index (χ1n) is 13.0. The fraction of sp³-hybridized carbons (Fsp3) is 0.333. The Bertz CT molecular complexity index is 1390. The number of rotatable bonds is 12. The van der Waals surface area contributed by atoms with Crippen molar-refractivity contribution >= 4 is 27.5 Å². The van der Waals surface area contributed by atoms with Crippen LogP contribution in [0.25, 0.3) is 0 Å². The van der Waals surface area contributed by atoms with Gasteiger partial charge in [0.25, 0.3) is 10.0 Å². The van der Waals surface area contributed by atoms with Crippen LogP contribution in [0.1, 0.15) is 31.9 Å². The molecule has 0 radical (unpaired) electrons. The molecule has 0 spiro atoms. The van der Waals surface area contributed by atoms with Crippen molar-refractivity contribution in [1.29, 1.82) is 0 Å². The van der Waals surface area contributed by atoms with E-state index in [-0.39, 0.29) is 29.0 Å². The predicted molar refractivity (Wildman–Crippen MR) is 153 cm³/mol. The zero-order chi connectivity index (χ0) is 29.4. The number of carbonyl (C=O) groups is 2. The number of aryl methyl sites for hydroxylation is 1. The SMILES string of the molecule is COc1ccc(CN(C(=O)CN(c2ccc(C)cc2)S(=O)(=O)c2ccc(F)cc2)[C@@H](C)C(=O)NCC(C)C)cc1. The van der Waals surface area contributed by atoms with E-state index in [0.29, 0.717) is 12.3 Å². The smallest absolute Gasteiger partial charge is 0.264 e. The molecule has 10 heteroatoms. The number of halogens is 1. The van der Waals surface area contributed by atoms with E-state index >= 15 is 0 Å². The van der Waals surface area contributed by atoms with Gasteiger partial charge < -0.3 is 15.0 Å². The molecule has 0 unspecified atom stereocenters. The van der Waals surface area contributed by atoms with E-state index in [9.17, 15) is 22.4 Å². The molecule has 8 nitrogen and oxygen atoms in total. The molecule has 0 aliphatic rings. The normalized spacial score (nSPS) is 12.1. The molecular formula is C30H36FN3O5S. The molecule has 3 aromatic rings. The molecule has 0 bridgehead atoms. The molecule has 0 saturated carbocycles. The molecule has 3 aromatic carbocycles. The number of nitrogens with zero attached hydrogens (tertiary/aromatic N) is 2. The average molecular weight is 570 g/mol. The molecular weight excluding hydrogens is 533 g/mol. The summed E-state index contributed by atoms with van der Waals surface area (Å²) in [4.78, 5) is 28.1. The lowest BCUT2D eigenvalue weighted by Gasteiger charge is -2.32. The second-order valence-corrected chi connectivity index (χ2v) is 11.8. The Labute approximate surface area is 235 Å². The van der Waals surface area contributed by atoms with E-state index in [1.165, 1.54) is 4.90 Å². The highest BCUT2D eigenvalue weighted by atomic mass is 32.2. The molecule has 214 valence electrons. The van der Waals surface area contributed by atoms with Crippen LogP contribution in [0.15, 0.2) is 77.7 Å². The van der Waals surface area contributed by atoms with Crippen molar-refractivity contribution in [3.63, 3.8) is 0 Å². The van der Waals surface area contributed by atoms with Gasteiger partial charge in [0.05, 0.1) is 17.7 Å². The van der Waals surface area contributed by atoms with E-state index in [1.807, 2.05) is 20.8 Å². The van der Waals surface area contributed by atoms with Gasteiger partial charge in [-0.3, -0.25) is 13.9 Å². The van der Waals surface area contributed by atoms with Crippen LogP contribution in [0.2, 0.25) is 0 Å². The lowest BCUT2D eigenvalue weighted by molar-refractivity contribution is -0.139. The molecule has 0 saturated heterocycles. The highest BCUT2D eigenvalue weighted by Gasteiger charge is 2.32. The van der Waals surface area contributed by atoms with Gasteiger partial charge in [-0.25, -0.2) is 12.8 Å². The summed E-state index contributed by atoms with van der Waals surface area (Å²) in [5.41, 5.74) is 1.91. The predicted octanol–water partition coefficient (Wildman–Crippen LogP) is 4.53. The number of hydrogen-bond donors (Lipinski definition) is 1. The van der Waals surface area contributed by atoms with Gasteiger partial charge in [-0.05, 0) is 73.9 Å². The third-order valence-electron chi connectivity index (χ3n) is 6.37. The summed E-state index contributed by atoms with van der Waals surface area (Å²) in [5, 5.41) is 2.85. The number of carbonyl (C=O) groups excluding carboxylic acids is 2. The number of ether oxygens (including phenoxy) is 1. The van der Waals surface area contributed by atoms with Crippen molar-refractivity contribution in [2.75, 3.05) is 24.5 Å². The average Bonchev–Trinajstić information content (AvgIpc) is 2.93. The van der Waals surface area contributed by atoms with Crippen molar-refractivity contribution in [2.24, 2.45) is 5.92 Å². The van der Waals surface area contributed by atoms with E-state index in [1.54, 1.807) is 62.6 Å². The first-order chi connectivity index (χ1) is 18.9. The maximum Gasteiger partial charge on any atom is 0.264 e. The maximum atomic E-state index is 13.9. The fourth-order valence-electron chi connectivity index (χ4n) is 3.94. The Morgan fingerprint density at radius 3 is 2.08 bits per heavy atom. The zero-order valence-electron chi connectivity index (χ0n) is 23.4. The summed E-state index contributed by atoms with van der Waals surface area (Å²) in [6.07, 6.45) is 0. The molecule has 1 N–H and O–H groups in total. The van der Waals surface area contributed by atoms with Crippen LogP contribution >= 0.6 is 0 Å². The summed E-state index contributed by atoms with van der Waals surface area (Å²) in [7, 11) is -2.71. The number of anilines is 1. The highest BCUT2D eigenvalue weighted by molar-refractivity contribution is 7.92. The second kappa shape index (κ2) is 13.4. The van der Waals surface area contributed by atoms with Crippen LogP contribution in [0.3, 0.4) is 0 Å². The minimum atomic E-state index is -4.26. The maximum absolute atomic E-state index is 13.9. The Kier molecular flexibility index (Phi) is 10.3. The summed E-state index contributed by atoms with van der Waals surface area (Å²) in [5.74, 6) is -0.656. The van der Waals surface area contributed by atoms with Crippen LogP contribution in [-0.4, -0.2) is 51.4 Å². The number of benzene rings is 3. The van der Waals surface area contributed by atoms with Gasteiger partial charge in [0.15, 0.2) is 0 Å². The molecule has 40 heavy (non-hydrogen) atoms. The summed E-state index contributed by atoms with van der Waals surface area (Å²) < 4.78 is 47.3.